The summed E-state index contributed by atoms with van der Waals surface area (Å²) in [4.78, 5) is 0. The zero-order chi connectivity index (χ0) is 12.8. The summed E-state index contributed by atoms with van der Waals surface area (Å²) in [7, 11) is 0. The maximum Gasteiger partial charge on any atom is 0.418 e. The quantitative estimate of drug-likeness (QED) is 0.716. The van der Waals surface area contributed by atoms with E-state index >= 15 is 0 Å². The van der Waals surface area contributed by atoms with Gasteiger partial charge < -0.3 is 5.32 Å². The number of fused-ring (bicyclic) bond motifs is 1. The number of anilines is 1. The maximum absolute atomic E-state index is 12.9. The number of hydrogen-bond donors (Lipinski definition) is 1. The molecule has 1 heterocycles. The molecule has 1 aromatic carbocycles. The number of rotatable bonds is 0. The van der Waals surface area contributed by atoms with Crippen LogP contribution in [0.15, 0.2) is 10.5 Å². The molecule has 0 radical (unpaired) electrons. The molecule has 94 valence electrons. The van der Waals surface area contributed by atoms with Crippen molar-refractivity contribution in [3.05, 3.63) is 26.7 Å². The zero-order valence-electron chi connectivity index (χ0n) is 8.96. The number of alkyl halides is 3. The van der Waals surface area contributed by atoms with Crippen LogP contribution in [-0.2, 0) is 12.6 Å². The van der Waals surface area contributed by atoms with Crippen molar-refractivity contribution in [2.75, 3.05) is 5.32 Å². The molecule has 1 aliphatic heterocycles. The van der Waals surface area contributed by atoms with Gasteiger partial charge in [0.2, 0.25) is 0 Å². The van der Waals surface area contributed by atoms with Crippen molar-refractivity contribution in [1.29, 1.82) is 0 Å². The second-order valence-corrected chi connectivity index (χ2v) is 5.39. The second-order valence-electron chi connectivity index (χ2n) is 4.16. The lowest BCUT2D eigenvalue weighted by atomic mass is 9.95. The molecule has 0 aliphatic carbocycles. The largest absolute Gasteiger partial charge is 0.418 e. The minimum absolute atomic E-state index is 0.0286. The van der Waals surface area contributed by atoms with Crippen LogP contribution in [-0.4, -0.2) is 6.04 Å². The molecule has 6 heteroatoms. The van der Waals surface area contributed by atoms with E-state index in [0.717, 1.165) is 12.5 Å². The van der Waals surface area contributed by atoms with Gasteiger partial charge >= 0.3 is 6.18 Å². The van der Waals surface area contributed by atoms with Crippen molar-refractivity contribution < 1.29 is 13.2 Å². The standard InChI is InChI=1S/C11H10BrClF3N/c1-5-2-3-6-9(13)8(12)4-7(10(6)17-5)11(14,15)16/h4-5,17H,2-3H2,1H3. The van der Waals surface area contributed by atoms with Crippen molar-refractivity contribution in [3.63, 3.8) is 0 Å². The maximum atomic E-state index is 12.9. The smallest absolute Gasteiger partial charge is 0.382 e. The molecule has 0 spiro atoms. The molecule has 0 bridgehead atoms. The van der Waals surface area contributed by atoms with Crippen LogP contribution in [0.1, 0.15) is 24.5 Å². The van der Waals surface area contributed by atoms with E-state index in [-0.39, 0.29) is 11.7 Å². The van der Waals surface area contributed by atoms with Gasteiger partial charge in [-0.05, 0) is 47.3 Å². The van der Waals surface area contributed by atoms with Crippen LogP contribution in [0.5, 0.6) is 0 Å². The Kier molecular flexibility index (Phi) is 3.34. The fraction of sp³-hybridized carbons (Fsp3) is 0.455. The Labute approximate surface area is 110 Å². The normalized spacial score (nSPS) is 19.8. The highest BCUT2D eigenvalue weighted by Gasteiger charge is 2.37. The first-order valence-electron chi connectivity index (χ1n) is 5.15. The van der Waals surface area contributed by atoms with Crippen LogP contribution < -0.4 is 5.32 Å². The van der Waals surface area contributed by atoms with Gasteiger partial charge in [0.1, 0.15) is 0 Å². The molecule has 1 N–H and O–H groups in total. The van der Waals surface area contributed by atoms with Gasteiger partial charge in [-0.25, -0.2) is 0 Å². The summed E-state index contributed by atoms with van der Waals surface area (Å²) in [6.07, 6.45) is -3.04. The van der Waals surface area contributed by atoms with E-state index in [2.05, 4.69) is 21.2 Å². The molecule has 1 unspecified atom stereocenters. The minimum atomic E-state index is -4.37. The first-order valence-corrected chi connectivity index (χ1v) is 6.32. The highest BCUT2D eigenvalue weighted by molar-refractivity contribution is 9.10. The number of hydrogen-bond acceptors (Lipinski definition) is 1. The summed E-state index contributed by atoms with van der Waals surface area (Å²) in [6.45, 7) is 1.86. The fourth-order valence-electron chi connectivity index (χ4n) is 1.98. The molecule has 1 nitrogen and oxygen atoms in total. The Morgan fingerprint density at radius 3 is 2.71 bits per heavy atom. The predicted octanol–water partition coefficient (Wildman–Crippen LogP) is 4.87. The van der Waals surface area contributed by atoms with Crippen LogP contribution >= 0.6 is 27.5 Å². The van der Waals surface area contributed by atoms with E-state index < -0.39 is 11.7 Å². The van der Waals surface area contributed by atoms with Gasteiger partial charge in [-0.2, -0.15) is 13.2 Å². The van der Waals surface area contributed by atoms with E-state index in [4.69, 9.17) is 11.6 Å². The van der Waals surface area contributed by atoms with Crippen molar-refractivity contribution in [2.45, 2.75) is 32.0 Å². The van der Waals surface area contributed by atoms with Crippen LogP contribution in [0.3, 0.4) is 0 Å². The Morgan fingerprint density at radius 2 is 2.12 bits per heavy atom. The van der Waals surface area contributed by atoms with E-state index in [1.54, 1.807) is 0 Å². The Bertz CT molecular complexity index is 459. The summed E-state index contributed by atoms with van der Waals surface area (Å²) < 4.78 is 39.0. The Hall–Kier alpha value is -0.420. The van der Waals surface area contributed by atoms with E-state index in [1.807, 2.05) is 6.92 Å². The van der Waals surface area contributed by atoms with Crippen LogP contribution in [0.4, 0.5) is 18.9 Å². The highest BCUT2D eigenvalue weighted by atomic mass is 79.9. The molecule has 0 saturated carbocycles. The highest BCUT2D eigenvalue weighted by Crippen LogP contribution is 2.44. The van der Waals surface area contributed by atoms with E-state index in [9.17, 15) is 13.2 Å². The monoisotopic (exact) mass is 327 g/mol. The summed E-state index contributed by atoms with van der Waals surface area (Å²) in [5, 5.41) is 3.25. The van der Waals surface area contributed by atoms with Crippen molar-refractivity contribution in [2.24, 2.45) is 0 Å². The molecule has 1 aromatic rings. The molecule has 17 heavy (non-hydrogen) atoms. The molecule has 1 atom stereocenters. The number of halogens is 5. The predicted molar refractivity (Wildman–Crippen MR) is 65.6 cm³/mol. The Balaban J connectivity index is 2.65. The van der Waals surface area contributed by atoms with Gasteiger partial charge in [-0.1, -0.05) is 11.6 Å². The van der Waals surface area contributed by atoms with Gasteiger partial charge in [0.15, 0.2) is 0 Å². The summed E-state index contributed by atoms with van der Waals surface area (Å²) >= 11 is 9.10. The van der Waals surface area contributed by atoms with Crippen molar-refractivity contribution in [3.8, 4) is 0 Å². The SMILES string of the molecule is CC1CCc2c(Cl)c(Br)cc(C(F)(F)F)c2N1. The molecular formula is C11H10BrClF3N. The number of benzene rings is 1. The lowest BCUT2D eigenvalue weighted by molar-refractivity contribution is -0.137. The first kappa shape index (κ1) is 13.0. The third kappa shape index (κ3) is 2.40. The second kappa shape index (κ2) is 4.35. The fourth-order valence-corrected chi connectivity index (χ4v) is 2.69. The van der Waals surface area contributed by atoms with Gasteiger partial charge in [0.25, 0.3) is 0 Å². The first-order chi connectivity index (χ1) is 7.80. The molecule has 0 aromatic heterocycles. The van der Waals surface area contributed by atoms with Gasteiger partial charge in [0.05, 0.1) is 16.3 Å². The summed E-state index contributed by atoms with van der Waals surface area (Å²) in [5.74, 6) is 0. The molecule has 0 fully saturated rings. The van der Waals surface area contributed by atoms with Gasteiger partial charge in [-0.15, -0.1) is 0 Å². The molecule has 0 saturated heterocycles. The summed E-state index contributed by atoms with van der Waals surface area (Å²) in [5.41, 5.74) is 0.0197. The minimum Gasteiger partial charge on any atom is -0.382 e. The molecule has 2 rings (SSSR count). The number of nitrogens with one attached hydrogen (secondary N) is 1. The molecule has 1 aliphatic rings. The third-order valence-electron chi connectivity index (χ3n) is 2.84. The van der Waals surface area contributed by atoms with Gasteiger partial charge in [-0.3, -0.25) is 0 Å². The van der Waals surface area contributed by atoms with E-state index in [0.29, 0.717) is 21.5 Å². The average Bonchev–Trinajstić information content (AvgIpc) is 2.21. The lowest BCUT2D eigenvalue weighted by Crippen LogP contribution is -2.25. The topological polar surface area (TPSA) is 12.0 Å². The van der Waals surface area contributed by atoms with E-state index in [1.165, 1.54) is 0 Å². The van der Waals surface area contributed by atoms with Crippen molar-refractivity contribution >= 4 is 33.2 Å². The Morgan fingerprint density at radius 1 is 1.47 bits per heavy atom. The molecule has 0 amide bonds. The lowest BCUT2D eigenvalue weighted by Gasteiger charge is -2.28. The van der Waals surface area contributed by atoms with Crippen LogP contribution in [0.2, 0.25) is 5.02 Å². The van der Waals surface area contributed by atoms with Crippen molar-refractivity contribution in [1.82, 2.24) is 0 Å². The average molecular weight is 329 g/mol. The summed E-state index contributed by atoms with van der Waals surface area (Å²) in [6, 6.07) is 1.06. The van der Waals surface area contributed by atoms with Gasteiger partial charge in [0, 0.05) is 10.5 Å². The zero-order valence-corrected chi connectivity index (χ0v) is 11.3. The molecular weight excluding hydrogens is 318 g/mol. The van der Waals surface area contributed by atoms with Crippen LogP contribution in [0, 0.1) is 0 Å². The third-order valence-corrected chi connectivity index (χ3v) is 4.13. The van der Waals surface area contributed by atoms with Crippen LogP contribution in [0.25, 0.3) is 0 Å².